The molecular formula is C14H13N3O. The third-order valence-corrected chi connectivity index (χ3v) is 2.71. The number of rotatable bonds is 3. The summed E-state index contributed by atoms with van der Waals surface area (Å²) >= 11 is 0. The molecule has 0 aliphatic rings. The average Bonchev–Trinajstić information content (AvgIpc) is 2.40. The number of benzene rings is 1. The van der Waals surface area contributed by atoms with Crippen LogP contribution >= 0.6 is 0 Å². The molecule has 4 heteroatoms. The maximum absolute atomic E-state index is 11.9. The van der Waals surface area contributed by atoms with Crippen LogP contribution < -0.4 is 11.3 Å². The Morgan fingerprint density at radius 1 is 1.28 bits per heavy atom. The van der Waals surface area contributed by atoms with Gasteiger partial charge < -0.3 is 10.3 Å². The molecule has 0 saturated carbocycles. The van der Waals surface area contributed by atoms with E-state index in [4.69, 9.17) is 11.0 Å². The molecule has 0 aliphatic carbocycles. The molecule has 2 aromatic rings. The first-order valence-corrected chi connectivity index (χ1v) is 5.64. The second-order valence-electron chi connectivity index (χ2n) is 4.03. The van der Waals surface area contributed by atoms with Gasteiger partial charge in [-0.1, -0.05) is 30.3 Å². The smallest absolute Gasteiger partial charge is 0.268 e. The van der Waals surface area contributed by atoms with Gasteiger partial charge in [0.15, 0.2) is 0 Å². The van der Waals surface area contributed by atoms with Crippen molar-refractivity contribution in [2.45, 2.75) is 13.0 Å². The van der Waals surface area contributed by atoms with Crippen molar-refractivity contribution < 1.29 is 0 Å². The normalized spacial score (nSPS) is 9.94. The molecule has 0 aliphatic heterocycles. The molecule has 1 aromatic carbocycles. The van der Waals surface area contributed by atoms with Crippen molar-refractivity contribution in [2.75, 3.05) is 5.73 Å². The Morgan fingerprint density at radius 3 is 2.67 bits per heavy atom. The Kier molecular flexibility index (Phi) is 3.44. The minimum Gasteiger partial charge on any atom is -0.398 e. The Morgan fingerprint density at radius 2 is 2.00 bits per heavy atom. The van der Waals surface area contributed by atoms with E-state index in [1.165, 1.54) is 10.6 Å². The van der Waals surface area contributed by atoms with Gasteiger partial charge in [-0.15, -0.1) is 0 Å². The van der Waals surface area contributed by atoms with Gasteiger partial charge in [0.25, 0.3) is 5.56 Å². The summed E-state index contributed by atoms with van der Waals surface area (Å²) in [5.41, 5.74) is 7.03. The van der Waals surface area contributed by atoms with Crippen LogP contribution in [0.1, 0.15) is 11.1 Å². The summed E-state index contributed by atoms with van der Waals surface area (Å²) in [6, 6.07) is 13.1. The van der Waals surface area contributed by atoms with E-state index in [-0.39, 0.29) is 11.1 Å². The van der Waals surface area contributed by atoms with Crippen LogP contribution in [-0.4, -0.2) is 4.57 Å². The van der Waals surface area contributed by atoms with Gasteiger partial charge in [0, 0.05) is 18.4 Å². The number of nitrogen functional groups attached to an aromatic ring is 1. The van der Waals surface area contributed by atoms with Crippen LogP contribution in [-0.2, 0) is 13.0 Å². The van der Waals surface area contributed by atoms with E-state index >= 15 is 0 Å². The Balaban J connectivity index is 2.23. The molecule has 0 amide bonds. The van der Waals surface area contributed by atoms with E-state index < -0.39 is 0 Å². The molecule has 0 radical (unpaired) electrons. The SMILES string of the molecule is N#Cc1cc(N)cn(CCc2ccccc2)c1=O. The molecular weight excluding hydrogens is 226 g/mol. The highest BCUT2D eigenvalue weighted by Gasteiger charge is 2.04. The van der Waals surface area contributed by atoms with Crippen molar-refractivity contribution in [3.05, 3.63) is 64.1 Å². The predicted molar refractivity (Wildman–Crippen MR) is 70.0 cm³/mol. The summed E-state index contributed by atoms with van der Waals surface area (Å²) in [6.45, 7) is 0.516. The van der Waals surface area contributed by atoms with Crippen molar-refractivity contribution in [2.24, 2.45) is 0 Å². The van der Waals surface area contributed by atoms with Gasteiger partial charge in [0.1, 0.15) is 11.6 Å². The fraction of sp³-hybridized carbons (Fsp3) is 0.143. The third-order valence-electron chi connectivity index (χ3n) is 2.71. The van der Waals surface area contributed by atoms with Crippen molar-refractivity contribution >= 4 is 5.69 Å². The molecule has 2 rings (SSSR count). The summed E-state index contributed by atoms with van der Waals surface area (Å²) in [7, 11) is 0. The van der Waals surface area contributed by atoms with E-state index in [0.717, 1.165) is 12.0 Å². The van der Waals surface area contributed by atoms with Crippen molar-refractivity contribution in [3.8, 4) is 6.07 Å². The molecule has 0 saturated heterocycles. The van der Waals surface area contributed by atoms with Crippen molar-refractivity contribution in [3.63, 3.8) is 0 Å². The fourth-order valence-electron chi connectivity index (χ4n) is 1.80. The maximum Gasteiger partial charge on any atom is 0.268 e. The summed E-state index contributed by atoms with van der Waals surface area (Å²) in [5, 5.41) is 8.83. The van der Waals surface area contributed by atoms with E-state index in [2.05, 4.69) is 0 Å². The number of hydrogen-bond donors (Lipinski definition) is 1. The first-order valence-electron chi connectivity index (χ1n) is 5.64. The number of hydrogen-bond acceptors (Lipinski definition) is 3. The topological polar surface area (TPSA) is 71.8 Å². The molecule has 0 unspecified atom stereocenters. The molecule has 0 atom stereocenters. The molecule has 4 nitrogen and oxygen atoms in total. The zero-order valence-corrected chi connectivity index (χ0v) is 9.84. The van der Waals surface area contributed by atoms with Crippen molar-refractivity contribution in [1.82, 2.24) is 4.57 Å². The average molecular weight is 239 g/mol. The number of pyridine rings is 1. The van der Waals surface area contributed by atoms with Gasteiger partial charge in [0.05, 0.1) is 0 Å². The highest BCUT2D eigenvalue weighted by atomic mass is 16.1. The highest BCUT2D eigenvalue weighted by Crippen LogP contribution is 2.04. The minimum atomic E-state index is -0.289. The Bertz CT molecular complexity index is 638. The second kappa shape index (κ2) is 5.19. The first kappa shape index (κ1) is 11.9. The standard InChI is InChI=1S/C14H13N3O/c15-9-12-8-13(16)10-17(14(12)18)7-6-11-4-2-1-3-5-11/h1-5,8,10H,6-7,16H2. The van der Waals surface area contributed by atoms with E-state index in [1.54, 1.807) is 6.20 Å². The lowest BCUT2D eigenvalue weighted by atomic mass is 10.1. The number of nitrogens with zero attached hydrogens (tertiary/aromatic N) is 2. The van der Waals surface area contributed by atoms with Crippen LogP contribution in [0.5, 0.6) is 0 Å². The molecule has 1 heterocycles. The van der Waals surface area contributed by atoms with Gasteiger partial charge in [-0.2, -0.15) is 5.26 Å². The molecule has 0 spiro atoms. The monoisotopic (exact) mass is 239 g/mol. The maximum atomic E-state index is 11.9. The van der Waals surface area contributed by atoms with Crippen molar-refractivity contribution in [1.29, 1.82) is 5.26 Å². The third kappa shape index (κ3) is 2.58. The zero-order chi connectivity index (χ0) is 13.0. The van der Waals surface area contributed by atoms with Gasteiger partial charge in [0.2, 0.25) is 0 Å². The van der Waals surface area contributed by atoms with Crippen LogP contribution in [0.2, 0.25) is 0 Å². The Labute approximate surface area is 105 Å². The zero-order valence-electron chi connectivity index (χ0n) is 9.84. The Hall–Kier alpha value is -2.54. The van der Waals surface area contributed by atoms with Gasteiger partial charge in [-0.3, -0.25) is 4.79 Å². The molecule has 1 aromatic heterocycles. The fourth-order valence-corrected chi connectivity index (χ4v) is 1.80. The molecule has 2 N–H and O–H groups in total. The molecule has 90 valence electrons. The number of nitrogens with two attached hydrogens (primary N) is 1. The number of anilines is 1. The van der Waals surface area contributed by atoms with Crippen LogP contribution in [0.4, 0.5) is 5.69 Å². The number of aromatic nitrogens is 1. The largest absolute Gasteiger partial charge is 0.398 e. The molecule has 0 bridgehead atoms. The van der Waals surface area contributed by atoms with Crippen LogP contribution in [0.15, 0.2) is 47.4 Å². The van der Waals surface area contributed by atoms with Crippen LogP contribution in [0.25, 0.3) is 0 Å². The van der Waals surface area contributed by atoms with Crippen LogP contribution in [0, 0.1) is 11.3 Å². The van der Waals surface area contributed by atoms with E-state index in [9.17, 15) is 4.79 Å². The lowest BCUT2D eigenvalue weighted by Crippen LogP contribution is -2.23. The van der Waals surface area contributed by atoms with Gasteiger partial charge in [-0.25, -0.2) is 0 Å². The summed E-state index contributed by atoms with van der Waals surface area (Å²) in [6.07, 6.45) is 2.31. The number of aryl methyl sites for hydroxylation is 2. The predicted octanol–water partition coefficient (Wildman–Crippen LogP) is 1.54. The van der Waals surface area contributed by atoms with E-state index in [1.807, 2.05) is 36.4 Å². The lowest BCUT2D eigenvalue weighted by molar-refractivity contribution is 0.669. The van der Waals surface area contributed by atoms with Gasteiger partial charge in [-0.05, 0) is 18.1 Å². The van der Waals surface area contributed by atoms with Crippen LogP contribution in [0.3, 0.4) is 0 Å². The quantitative estimate of drug-likeness (QED) is 0.883. The molecule has 0 fully saturated rings. The summed E-state index contributed by atoms with van der Waals surface area (Å²) in [4.78, 5) is 11.9. The number of nitriles is 1. The minimum absolute atomic E-state index is 0.0862. The summed E-state index contributed by atoms with van der Waals surface area (Å²) < 4.78 is 1.49. The highest BCUT2D eigenvalue weighted by molar-refractivity contribution is 5.42. The second-order valence-corrected chi connectivity index (χ2v) is 4.03. The van der Waals surface area contributed by atoms with Gasteiger partial charge >= 0.3 is 0 Å². The summed E-state index contributed by atoms with van der Waals surface area (Å²) in [5.74, 6) is 0. The van der Waals surface area contributed by atoms with E-state index in [0.29, 0.717) is 12.2 Å². The molecule has 18 heavy (non-hydrogen) atoms. The lowest BCUT2D eigenvalue weighted by Gasteiger charge is -2.07. The first-order chi connectivity index (χ1) is 8.70.